The maximum Gasteiger partial charge on any atom is 0.0740 e. The van der Waals surface area contributed by atoms with Crippen molar-refractivity contribution in [2.24, 2.45) is 0 Å². The molecule has 2 rings (SSSR count). The normalized spacial score (nSPS) is 11.5. The van der Waals surface area contributed by atoms with Crippen LogP contribution in [-0.4, -0.2) is 4.98 Å². The fourth-order valence-corrected chi connectivity index (χ4v) is 2.28. The third-order valence-corrected chi connectivity index (χ3v) is 3.43. The van der Waals surface area contributed by atoms with Crippen LogP contribution in [0.2, 0.25) is 0 Å². The number of para-hydroxylation sites is 1. The highest BCUT2D eigenvalue weighted by Gasteiger charge is 2.18. The van der Waals surface area contributed by atoms with E-state index in [1.54, 1.807) is 0 Å². The fraction of sp³-hybridized carbons (Fsp3) is 0.412. The molecule has 2 nitrogen and oxygen atoms in total. The number of hydrogen-bond acceptors (Lipinski definition) is 2. The van der Waals surface area contributed by atoms with Crippen LogP contribution in [0.15, 0.2) is 24.3 Å². The van der Waals surface area contributed by atoms with Crippen molar-refractivity contribution in [3.63, 3.8) is 0 Å². The van der Waals surface area contributed by atoms with Gasteiger partial charge in [-0.3, -0.25) is 4.98 Å². The SMILES string of the molecule is CCc1cccc2c(CC#N)cc(C(C)(C)C)nc12. The summed E-state index contributed by atoms with van der Waals surface area (Å²) < 4.78 is 0. The fourth-order valence-electron chi connectivity index (χ4n) is 2.28. The summed E-state index contributed by atoms with van der Waals surface area (Å²) >= 11 is 0. The quantitative estimate of drug-likeness (QED) is 0.804. The third-order valence-electron chi connectivity index (χ3n) is 3.43. The highest BCUT2D eigenvalue weighted by molar-refractivity contribution is 5.85. The number of nitrogens with zero attached hydrogens (tertiary/aromatic N) is 2. The molecule has 1 aromatic heterocycles. The van der Waals surface area contributed by atoms with Gasteiger partial charge in [0.2, 0.25) is 0 Å². The molecule has 0 fully saturated rings. The number of nitriles is 1. The summed E-state index contributed by atoms with van der Waals surface area (Å²) in [5.74, 6) is 0. The number of aromatic nitrogens is 1. The molecule has 0 radical (unpaired) electrons. The summed E-state index contributed by atoms with van der Waals surface area (Å²) in [7, 11) is 0. The van der Waals surface area contributed by atoms with Crippen molar-refractivity contribution >= 4 is 10.9 Å². The van der Waals surface area contributed by atoms with E-state index in [0.717, 1.165) is 28.6 Å². The van der Waals surface area contributed by atoms with Gasteiger partial charge in [0.1, 0.15) is 0 Å². The summed E-state index contributed by atoms with van der Waals surface area (Å²) in [5.41, 5.74) is 4.46. The minimum absolute atomic E-state index is 0.000745. The molecule has 1 heterocycles. The first-order valence-corrected chi connectivity index (χ1v) is 6.76. The second-order valence-corrected chi connectivity index (χ2v) is 5.92. The molecule has 0 unspecified atom stereocenters. The Morgan fingerprint density at radius 2 is 1.95 bits per heavy atom. The molecule has 0 aliphatic carbocycles. The monoisotopic (exact) mass is 252 g/mol. The Labute approximate surface area is 115 Å². The highest BCUT2D eigenvalue weighted by Crippen LogP contribution is 2.28. The van der Waals surface area contributed by atoms with E-state index < -0.39 is 0 Å². The molecule has 2 heteroatoms. The second-order valence-electron chi connectivity index (χ2n) is 5.92. The summed E-state index contributed by atoms with van der Waals surface area (Å²) in [6.45, 7) is 8.62. The average Bonchev–Trinajstić information content (AvgIpc) is 2.37. The molecule has 0 amide bonds. The molecule has 0 bridgehead atoms. The van der Waals surface area contributed by atoms with Crippen LogP contribution in [0.3, 0.4) is 0 Å². The minimum atomic E-state index is -0.000745. The molecular formula is C17H20N2. The van der Waals surface area contributed by atoms with Gasteiger partial charge in [-0.15, -0.1) is 0 Å². The number of aryl methyl sites for hydroxylation is 1. The first kappa shape index (κ1) is 13.5. The van der Waals surface area contributed by atoms with Gasteiger partial charge >= 0.3 is 0 Å². The van der Waals surface area contributed by atoms with Gasteiger partial charge in [-0.05, 0) is 23.6 Å². The smallest absolute Gasteiger partial charge is 0.0740 e. The van der Waals surface area contributed by atoms with Crippen molar-refractivity contribution in [1.29, 1.82) is 5.26 Å². The Hall–Kier alpha value is -1.88. The lowest BCUT2D eigenvalue weighted by atomic mass is 9.89. The third kappa shape index (κ3) is 2.61. The van der Waals surface area contributed by atoms with Crippen molar-refractivity contribution in [2.45, 2.75) is 46.0 Å². The molecule has 98 valence electrons. The molecular weight excluding hydrogens is 232 g/mol. The number of pyridine rings is 1. The van der Waals surface area contributed by atoms with E-state index in [2.05, 4.69) is 58.0 Å². The van der Waals surface area contributed by atoms with Crippen molar-refractivity contribution in [1.82, 2.24) is 4.98 Å². The highest BCUT2D eigenvalue weighted by atomic mass is 14.7. The lowest BCUT2D eigenvalue weighted by Crippen LogP contribution is -2.14. The van der Waals surface area contributed by atoms with Crippen molar-refractivity contribution in [2.75, 3.05) is 0 Å². The predicted molar refractivity (Wildman–Crippen MR) is 79.1 cm³/mol. The Balaban J connectivity index is 2.80. The van der Waals surface area contributed by atoms with E-state index in [-0.39, 0.29) is 5.41 Å². The van der Waals surface area contributed by atoms with Gasteiger partial charge in [0.25, 0.3) is 0 Å². The van der Waals surface area contributed by atoms with Crippen LogP contribution in [0.25, 0.3) is 10.9 Å². The molecule has 0 saturated heterocycles. The average molecular weight is 252 g/mol. The maximum absolute atomic E-state index is 9.03. The van der Waals surface area contributed by atoms with Gasteiger partial charge in [-0.2, -0.15) is 5.26 Å². The largest absolute Gasteiger partial charge is 0.252 e. The molecule has 0 atom stereocenters. The number of rotatable bonds is 2. The number of benzene rings is 1. The number of fused-ring (bicyclic) bond motifs is 1. The summed E-state index contributed by atoms with van der Waals surface area (Å²) in [6, 6.07) is 10.6. The van der Waals surface area contributed by atoms with Crippen LogP contribution < -0.4 is 0 Å². The van der Waals surface area contributed by atoms with Crippen LogP contribution in [0.4, 0.5) is 0 Å². The first-order valence-electron chi connectivity index (χ1n) is 6.76. The minimum Gasteiger partial charge on any atom is -0.252 e. The summed E-state index contributed by atoms with van der Waals surface area (Å²) in [5, 5.41) is 10.1. The molecule has 0 aliphatic rings. The van der Waals surface area contributed by atoms with E-state index >= 15 is 0 Å². The van der Waals surface area contributed by atoms with Gasteiger partial charge in [-0.1, -0.05) is 45.9 Å². The topological polar surface area (TPSA) is 36.7 Å². The zero-order chi connectivity index (χ0) is 14.0. The second kappa shape index (κ2) is 5.01. The van der Waals surface area contributed by atoms with Crippen molar-refractivity contribution in [3.8, 4) is 6.07 Å². The van der Waals surface area contributed by atoms with Crippen LogP contribution in [0.5, 0.6) is 0 Å². The van der Waals surface area contributed by atoms with Crippen molar-refractivity contribution in [3.05, 3.63) is 41.1 Å². The van der Waals surface area contributed by atoms with Gasteiger partial charge in [-0.25, -0.2) is 0 Å². The maximum atomic E-state index is 9.03. The zero-order valence-corrected chi connectivity index (χ0v) is 12.1. The summed E-state index contributed by atoms with van der Waals surface area (Å²) in [4.78, 5) is 4.85. The van der Waals surface area contributed by atoms with Crippen LogP contribution in [0.1, 0.15) is 44.5 Å². The van der Waals surface area contributed by atoms with E-state index in [9.17, 15) is 0 Å². The Kier molecular flexibility index (Phi) is 3.57. The molecule has 19 heavy (non-hydrogen) atoms. The first-order chi connectivity index (χ1) is 8.97. The Morgan fingerprint density at radius 1 is 1.21 bits per heavy atom. The van der Waals surface area contributed by atoms with Crippen molar-refractivity contribution < 1.29 is 0 Å². The predicted octanol–water partition coefficient (Wildman–Crippen LogP) is 4.16. The van der Waals surface area contributed by atoms with Crippen LogP contribution >= 0.6 is 0 Å². The van der Waals surface area contributed by atoms with Gasteiger partial charge in [0, 0.05) is 16.5 Å². The Bertz CT molecular complexity index is 643. The van der Waals surface area contributed by atoms with Crippen LogP contribution in [-0.2, 0) is 18.3 Å². The Morgan fingerprint density at radius 3 is 2.53 bits per heavy atom. The van der Waals surface area contributed by atoms with Gasteiger partial charge in [0.05, 0.1) is 18.0 Å². The molecule has 2 aromatic rings. The molecule has 0 saturated carbocycles. The molecule has 1 aromatic carbocycles. The van der Waals surface area contributed by atoms with E-state index in [1.807, 2.05) is 0 Å². The molecule has 0 aliphatic heterocycles. The standard InChI is InChI=1S/C17H20N2/c1-5-12-7-6-8-14-13(9-10-18)11-15(17(2,3)4)19-16(12)14/h6-8,11H,5,9H2,1-4H3. The van der Waals surface area contributed by atoms with Gasteiger partial charge < -0.3 is 0 Å². The number of hydrogen-bond donors (Lipinski definition) is 0. The van der Waals surface area contributed by atoms with E-state index in [0.29, 0.717) is 6.42 Å². The van der Waals surface area contributed by atoms with E-state index in [1.165, 1.54) is 5.56 Å². The molecule has 0 N–H and O–H groups in total. The lowest BCUT2D eigenvalue weighted by Gasteiger charge is -2.20. The lowest BCUT2D eigenvalue weighted by molar-refractivity contribution is 0.570. The summed E-state index contributed by atoms with van der Waals surface area (Å²) in [6.07, 6.45) is 1.40. The van der Waals surface area contributed by atoms with E-state index in [4.69, 9.17) is 10.2 Å². The zero-order valence-electron chi connectivity index (χ0n) is 12.1. The van der Waals surface area contributed by atoms with Crippen LogP contribution in [0, 0.1) is 11.3 Å². The van der Waals surface area contributed by atoms with Gasteiger partial charge in [0.15, 0.2) is 0 Å². The molecule has 0 spiro atoms.